The van der Waals surface area contributed by atoms with Gasteiger partial charge >= 0.3 is 0 Å². The summed E-state index contributed by atoms with van der Waals surface area (Å²) in [5, 5.41) is 2.86. The highest BCUT2D eigenvalue weighted by molar-refractivity contribution is 7.89. The Morgan fingerprint density at radius 3 is 2.38 bits per heavy atom. The van der Waals surface area contributed by atoms with Gasteiger partial charge < -0.3 is 10.1 Å². The van der Waals surface area contributed by atoms with Crippen LogP contribution < -0.4 is 10.1 Å². The van der Waals surface area contributed by atoms with Gasteiger partial charge in [-0.15, -0.1) is 0 Å². The number of carbonyl (C=O) groups excluding carboxylic acids is 1. The van der Waals surface area contributed by atoms with Gasteiger partial charge in [0, 0.05) is 14.1 Å². The first kappa shape index (κ1) is 20.5. The SMILES string of the molecule is COc1ccc(S(=O)(=O)N(C)C)cc1NC(=O)[C@@H]1[C@@H](C=C(C)C)C1(C)C. The number of carbonyl (C=O) groups is 1. The lowest BCUT2D eigenvalue weighted by Crippen LogP contribution is -2.23. The van der Waals surface area contributed by atoms with E-state index >= 15 is 0 Å². The van der Waals surface area contributed by atoms with E-state index < -0.39 is 10.0 Å². The summed E-state index contributed by atoms with van der Waals surface area (Å²) in [6, 6.07) is 4.46. The fourth-order valence-corrected chi connectivity index (χ4v) is 4.14. The van der Waals surface area contributed by atoms with Crippen LogP contribution in [0.2, 0.25) is 0 Å². The van der Waals surface area contributed by atoms with Crippen LogP contribution in [0.5, 0.6) is 5.75 Å². The highest BCUT2D eigenvalue weighted by Crippen LogP contribution is 2.59. The summed E-state index contributed by atoms with van der Waals surface area (Å²) in [7, 11) is 0.821. The molecule has 1 N–H and O–H groups in total. The van der Waals surface area contributed by atoms with Gasteiger partial charge in [0.25, 0.3) is 0 Å². The first-order chi connectivity index (χ1) is 11.9. The van der Waals surface area contributed by atoms with E-state index in [1.807, 2.05) is 13.8 Å². The molecule has 0 radical (unpaired) electrons. The van der Waals surface area contributed by atoms with Gasteiger partial charge in [-0.25, -0.2) is 12.7 Å². The number of nitrogens with zero attached hydrogens (tertiary/aromatic N) is 1. The largest absolute Gasteiger partial charge is 0.495 e. The van der Waals surface area contributed by atoms with Crippen LogP contribution >= 0.6 is 0 Å². The maximum Gasteiger partial charge on any atom is 0.242 e. The number of ether oxygens (including phenoxy) is 1. The van der Waals surface area contributed by atoms with E-state index in [1.165, 1.54) is 38.9 Å². The summed E-state index contributed by atoms with van der Waals surface area (Å²) < 4.78 is 31.1. The topological polar surface area (TPSA) is 75.7 Å². The zero-order valence-corrected chi connectivity index (χ0v) is 17.3. The Balaban J connectivity index is 2.32. The van der Waals surface area contributed by atoms with Gasteiger partial charge in [0.05, 0.1) is 23.6 Å². The van der Waals surface area contributed by atoms with Crippen LogP contribution in [0, 0.1) is 17.3 Å². The molecule has 2 rings (SSSR count). The van der Waals surface area contributed by atoms with E-state index in [2.05, 4.69) is 25.2 Å². The fourth-order valence-electron chi connectivity index (χ4n) is 3.22. The average molecular weight is 381 g/mol. The molecule has 1 aromatic carbocycles. The second-order valence-corrected chi connectivity index (χ2v) is 9.86. The van der Waals surface area contributed by atoms with Crippen LogP contribution in [0.3, 0.4) is 0 Å². The summed E-state index contributed by atoms with van der Waals surface area (Å²) in [6.45, 7) is 8.15. The second kappa shape index (κ2) is 7.04. The lowest BCUT2D eigenvalue weighted by Gasteiger charge is -2.15. The molecular formula is C19H28N2O4S. The van der Waals surface area contributed by atoms with Crippen molar-refractivity contribution in [2.24, 2.45) is 17.3 Å². The highest BCUT2D eigenvalue weighted by atomic mass is 32.2. The average Bonchev–Trinajstić information content (AvgIpc) is 3.06. The Kier molecular flexibility index (Phi) is 5.54. The van der Waals surface area contributed by atoms with Gasteiger partial charge in [-0.2, -0.15) is 0 Å². The minimum absolute atomic E-state index is 0.106. The molecule has 1 aromatic rings. The first-order valence-electron chi connectivity index (χ1n) is 8.49. The molecule has 26 heavy (non-hydrogen) atoms. The van der Waals surface area contributed by atoms with Crippen molar-refractivity contribution in [3.8, 4) is 5.75 Å². The third-order valence-electron chi connectivity index (χ3n) is 4.91. The second-order valence-electron chi connectivity index (χ2n) is 7.71. The van der Waals surface area contributed by atoms with Crippen LogP contribution in [0.4, 0.5) is 5.69 Å². The van der Waals surface area contributed by atoms with Crippen LogP contribution in [0.15, 0.2) is 34.7 Å². The molecule has 144 valence electrons. The number of methoxy groups -OCH3 is 1. The standard InChI is InChI=1S/C19H28N2O4S/c1-12(2)10-14-17(19(14,3)4)18(22)20-15-11-13(8-9-16(15)25-7)26(23,24)21(5)6/h8-11,14,17H,1-7H3,(H,20,22)/t14-,17+/m1/s1. The van der Waals surface area contributed by atoms with Crippen molar-refractivity contribution < 1.29 is 17.9 Å². The monoisotopic (exact) mass is 380 g/mol. The molecule has 0 spiro atoms. The molecule has 0 saturated heterocycles. The van der Waals surface area contributed by atoms with Gasteiger partial charge in [-0.3, -0.25) is 4.79 Å². The number of allylic oxidation sites excluding steroid dienone is 2. The number of nitrogens with one attached hydrogen (secondary N) is 1. The van der Waals surface area contributed by atoms with Crippen molar-refractivity contribution >= 4 is 21.6 Å². The predicted molar refractivity (Wildman–Crippen MR) is 103 cm³/mol. The number of hydrogen-bond acceptors (Lipinski definition) is 4. The number of amides is 1. The van der Waals surface area contributed by atoms with E-state index in [-0.39, 0.29) is 28.1 Å². The van der Waals surface area contributed by atoms with Gasteiger partial charge in [-0.1, -0.05) is 25.5 Å². The van der Waals surface area contributed by atoms with Crippen molar-refractivity contribution in [3.05, 3.63) is 29.8 Å². The number of anilines is 1. The molecule has 2 atom stereocenters. The van der Waals surface area contributed by atoms with E-state index in [4.69, 9.17) is 4.74 Å². The summed E-state index contributed by atoms with van der Waals surface area (Å²) in [5.41, 5.74) is 1.41. The molecule has 0 heterocycles. The minimum Gasteiger partial charge on any atom is -0.495 e. The molecule has 1 aliphatic rings. The van der Waals surface area contributed by atoms with E-state index in [1.54, 1.807) is 6.07 Å². The van der Waals surface area contributed by atoms with E-state index in [9.17, 15) is 13.2 Å². The van der Waals surface area contributed by atoms with Gasteiger partial charge in [0.15, 0.2) is 0 Å². The normalized spacial score (nSPS) is 21.2. The van der Waals surface area contributed by atoms with Crippen molar-refractivity contribution in [1.29, 1.82) is 0 Å². The van der Waals surface area contributed by atoms with Crippen LogP contribution in [-0.4, -0.2) is 39.8 Å². The Hall–Kier alpha value is -1.86. The van der Waals surface area contributed by atoms with Crippen molar-refractivity contribution in [1.82, 2.24) is 4.31 Å². The molecule has 0 unspecified atom stereocenters. The van der Waals surface area contributed by atoms with Crippen molar-refractivity contribution in [2.75, 3.05) is 26.5 Å². The summed E-state index contributed by atoms with van der Waals surface area (Å²) in [6.07, 6.45) is 2.12. The van der Waals surface area contributed by atoms with Gasteiger partial charge in [0.1, 0.15) is 5.75 Å². The minimum atomic E-state index is -3.60. The molecule has 1 aliphatic carbocycles. The van der Waals surface area contributed by atoms with E-state index in [0.717, 1.165) is 4.31 Å². The molecule has 6 nitrogen and oxygen atoms in total. The molecule has 0 aliphatic heterocycles. The predicted octanol–water partition coefficient (Wildman–Crippen LogP) is 3.12. The molecule has 1 fully saturated rings. The maximum atomic E-state index is 12.8. The van der Waals surface area contributed by atoms with Crippen LogP contribution in [-0.2, 0) is 14.8 Å². The zero-order valence-electron chi connectivity index (χ0n) is 16.5. The highest BCUT2D eigenvalue weighted by Gasteiger charge is 2.60. The van der Waals surface area contributed by atoms with Crippen molar-refractivity contribution in [2.45, 2.75) is 32.6 Å². The summed E-state index contributed by atoms with van der Waals surface area (Å²) >= 11 is 0. The lowest BCUT2D eigenvalue weighted by molar-refractivity contribution is -0.118. The van der Waals surface area contributed by atoms with Crippen molar-refractivity contribution in [3.63, 3.8) is 0 Å². The fraction of sp³-hybridized carbons (Fsp3) is 0.526. The first-order valence-corrected chi connectivity index (χ1v) is 9.93. The lowest BCUT2D eigenvalue weighted by atomic mass is 10.1. The summed E-state index contributed by atoms with van der Waals surface area (Å²) in [5.74, 6) is 0.312. The molecular weight excluding hydrogens is 352 g/mol. The summed E-state index contributed by atoms with van der Waals surface area (Å²) in [4.78, 5) is 12.9. The maximum absolute atomic E-state index is 12.8. The molecule has 1 amide bonds. The Morgan fingerprint density at radius 1 is 1.27 bits per heavy atom. The quantitative estimate of drug-likeness (QED) is 0.770. The number of rotatable bonds is 6. The zero-order chi connectivity index (χ0) is 19.9. The Bertz CT molecular complexity index is 837. The number of benzene rings is 1. The van der Waals surface area contributed by atoms with Crippen LogP contribution in [0.1, 0.15) is 27.7 Å². The third kappa shape index (κ3) is 3.78. The molecule has 1 saturated carbocycles. The third-order valence-corrected chi connectivity index (χ3v) is 6.72. The number of hydrogen-bond donors (Lipinski definition) is 1. The number of sulfonamides is 1. The molecule has 0 bridgehead atoms. The van der Waals surface area contributed by atoms with E-state index in [0.29, 0.717) is 11.4 Å². The smallest absolute Gasteiger partial charge is 0.242 e. The van der Waals surface area contributed by atoms with Gasteiger partial charge in [0.2, 0.25) is 15.9 Å². The molecule has 7 heteroatoms. The van der Waals surface area contributed by atoms with Crippen LogP contribution in [0.25, 0.3) is 0 Å². The molecule has 0 aromatic heterocycles. The Morgan fingerprint density at radius 2 is 1.88 bits per heavy atom. The Labute approximate surface area is 156 Å². The van der Waals surface area contributed by atoms with Gasteiger partial charge in [-0.05, 0) is 43.4 Å².